The number of carbonyl (C=O) groups excluding carboxylic acids is 1. The highest BCUT2D eigenvalue weighted by atomic mass is 32.2. The first kappa shape index (κ1) is 13.7. The molecule has 1 aromatic rings. The van der Waals surface area contributed by atoms with Gasteiger partial charge in [0, 0.05) is 12.8 Å². The molecule has 2 amide bonds. The SMILES string of the molecule is CC1SCC(C(=O)O)N1C(=O)NCc1ncn(C)n1. The highest BCUT2D eigenvalue weighted by Gasteiger charge is 2.39. The summed E-state index contributed by atoms with van der Waals surface area (Å²) in [5, 5.41) is 15.6. The molecule has 0 aromatic carbocycles. The molecule has 104 valence electrons. The molecular weight excluding hydrogens is 270 g/mol. The van der Waals surface area contributed by atoms with E-state index in [1.54, 1.807) is 7.05 Å². The molecule has 0 aliphatic carbocycles. The largest absolute Gasteiger partial charge is 0.480 e. The molecule has 1 fully saturated rings. The summed E-state index contributed by atoms with van der Waals surface area (Å²) in [6.45, 7) is 1.99. The van der Waals surface area contributed by atoms with Gasteiger partial charge in [-0.05, 0) is 6.92 Å². The van der Waals surface area contributed by atoms with Gasteiger partial charge in [-0.3, -0.25) is 9.58 Å². The fourth-order valence-electron chi connectivity index (χ4n) is 1.85. The number of aromatic nitrogens is 3. The first-order chi connectivity index (χ1) is 8.99. The maximum atomic E-state index is 12.0. The number of thioether (sulfide) groups is 1. The number of urea groups is 1. The molecule has 2 heterocycles. The minimum absolute atomic E-state index is 0.155. The third-order valence-electron chi connectivity index (χ3n) is 2.79. The molecule has 0 saturated carbocycles. The fourth-order valence-corrected chi connectivity index (χ4v) is 3.02. The van der Waals surface area contributed by atoms with Gasteiger partial charge in [0.15, 0.2) is 5.82 Å². The van der Waals surface area contributed by atoms with E-state index in [1.807, 2.05) is 6.92 Å². The van der Waals surface area contributed by atoms with Crippen molar-refractivity contribution in [1.82, 2.24) is 25.0 Å². The van der Waals surface area contributed by atoms with Crippen LogP contribution in [0.25, 0.3) is 0 Å². The molecule has 2 unspecified atom stereocenters. The summed E-state index contributed by atoms with van der Waals surface area (Å²) in [5.41, 5.74) is 0. The van der Waals surface area contributed by atoms with E-state index in [0.717, 1.165) is 0 Å². The predicted molar refractivity (Wildman–Crippen MR) is 68.4 cm³/mol. The van der Waals surface area contributed by atoms with E-state index in [2.05, 4.69) is 15.4 Å². The van der Waals surface area contributed by atoms with Gasteiger partial charge in [0.2, 0.25) is 0 Å². The Bertz CT molecular complexity index is 491. The lowest BCUT2D eigenvalue weighted by atomic mass is 10.3. The van der Waals surface area contributed by atoms with Crippen molar-refractivity contribution >= 4 is 23.8 Å². The van der Waals surface area contributed by atoms with E-state index in [4.69, 9.17) is 5.11 Å². The Morgan fingerprint density at radius 2 is 2.37 bits per heavy atom. The summed E-state index contributed by atoms with van der Waals surface area (Å²) in [7, 11) is 1.73. The summed E-state index contributed by atoms with van der Waals surface area (Å²) in [4.78, 5) is 28.4. The van der Waals surface area contributed by atoms with Crippen molar-refractivity contribution in [3.8, 4) is 0 Å². The predicted octanol–water partition coefficient (Wildman–Crippen LogP) is -0.127. The number of aliphatic carboxylic acids is 1. The summed E-state index contributed by atoms with van der Waals surface area (Å²) in [6, 6.07) is -1.19. The number of carboxylic acid groups (broad SMARTS) is 1. The highest BCUT2D eigenvalue weighted by Crippen LogP contribution is 2.28. The Morgan fingerprint density at radius 1 is 1.63 bits per heavy atom. The minimum atomic E-state index is -0.983. The summed E-state index contributed by atoms with van der Waals surface area (Å²) in [6.07, 6.45) is 1.54. The summed E-state index contributed by atoms with van der Waals surface area (Å²) >= 11 is 1.44. The van der Waals surface area contributed by atoms with Crippen LogP contribution in [0, 0.1) is 0 Å². The van der Waals surface area contributed by atoms with Gasteiger partial charge >= 0.3 is 12.0 Å². The average molecular weight is 285 g/mol. The molecule has 2 atom stereocenters. The van der Waals surface area contributed by atoms with E-state index in [1.165, 1.54) is 27.7 Å². The van der Waals surface area contributed by atoms with Crippen LogP contribution in [-0.2, 0) is 18.4 Å². The molecule has 8 nitrogen and oxygen atoms in total. The lowest BCUT2D eigenvalue weighted by Gasteiger charge is -2.24. The molecule has 0 bridgehead atoms. The van der Waals surface area contributed by atoms with Crippen molar-refractivity contribution in [3.63, 3.8) is 0 Å². The van der Waals surface area contributed by atoms with Crippen molar-refractivity contribution in [3.05, 3.63) is 12.2 Å². The zero-order chi connectivity index (χ0) is 14.0. The molecule has 2 N–H and O–H groups in total. The molecule has 1 aliphatic heterocycles. The lowest BCUT2D eigenvalue weighted by molar-refractivity contribution is -0.141. The Morgan fingerprint density at radius 3 is 2.95 bits per heavy atom. The molecular formula is C10H15N5O3S. The lowest BCUT2D eigenvalue weighted by Crippen LogP contribution is -2.49. The van der Waals surface area contributed by atoms with Gasteiger partial charge in [0.1, 0.15) is 12.4 Å². The van der Waals surface area contributed by atoms with Crippen LogP contribution in [0.3, 0.4) is 0 Å². The van der Waals surface area contributed by atoms with Crippen LogP contribution in [0.15, 0.2) is 6.33 Å². The van der Waals surface area contributed by atoms with Gasteiger partial charge in [0.25, 0.3) is 0 Å². The van der Waals surface area contributed by atoms with Crippen LogP contribution in [-0.4, -0.2) is 53.9 Å². The summed E-state index contributed by atoms with van der Waals surface area (Å²) in [5.74, 6) is -0.0867. The molecule has 0 spiro atoms. The van der Waals surface area contributed by atoms with Crippen molar-refractivity contribution in [1.29, 1.82) is 0 Å². The second kappa shape index (κ2) is 5.47. The Labute approximate surface area is 114 Å². The van der Waals surface area contributed by atoms with Gasteiger partial charge in [-0.1, -0.05) is 0 Å². The standard InChI is InChI=1S/C10H15N5O3S/c1-6-15(7(4-19-6)9(16)17)10(18)11-3-8-12-5-14(2)13-8/h5-7H,3-4H2,1-2H3,(H,11,18)(H,16,17). The van der Waals surface area contributed by atoms with E-state index < -0.39 is 18.0 Å². The van der Waals surface area contributed by atoms with Crippen LogP contribution in [0.4, 0.5) is 4.79 Å². The Balaban J connectivity index is 1.96. The molecule has 2 rings (SSSR count). The number of aryl methyl sites for hydroxylation is 1. The second-order valence-electron chi connectivity index (χ2n) is 4.19. The number of carboxylic acids is 1. The molecule has 9 heteroatoms. The maximum Gasteiger partial charge on any atom is 0.327 e. The quantitative estimate of drug-likeness (QED) is 0.802. The number of amides is 2. The maximum absolute atomic E-state index is 12.0. The average Bonchev–Trinajstić information content (AvgIpc) is 2.92. The molecule has 1 saturated heterocycles. The van der Waals surface area contributed by atoms with E-state index >= 15 is 0 Å². The summed E-state index contributed by atoms with van der Waals surface area (Å²) < 4.78 is 1.54. The fraction of sp³-hybridized carbons (Fsp3) is 0.600. The highest BCUT2D eigenvalue weighted by molar-refractivity contribution is 8.00. The first-order valence-corrected chi connectivity index (χ1v) is 6.79. The smallest absolute Gasteiger partial charge is 0.327 e. The number of carbonyl (C=O) groups is 2. The molecule has 1 aromatic heterocycles. The number of hydrogen-bond acceptors (Lipinski definition) is 5. The zero-order valence-electron chi connectivity index (χ0n) is 10.6. The van der Waals surface area contributed by atoms with E-state index in [-0.39, 0.29) is 11.9 Å². The second-order valence-corrected chi connectivity index (χ2v) is 5.54. The van der Waals surface area contributed by atoms with Gasteiger partial charge < -0.3 is 10.4 Å². The van der Waals surface area contributed by atoms with Crippen molar-refractivity contribution in [2.75, 3.05) is 5.75 Å². The monoisotopic (exact) mass is 285 g/mol. The Kier molecular flexibility index (Phi) is 3.93. The van der Waals surface area contributed by atoms with Gasteiger partial charge in [-0.25, -0.2) is 14.6 Å². The van der Waals surface area contributed by atoms with E-state index in [0.29, 0.717) is 11.6 Å². The Hall–Kier alpha value is -1.77. The number of nitrogens with one attached hydrogen (secondary N) is 1. The molecule has 1 aliphatic rings. The van der Waals surface area contributed by atoms with Crippen LogP contribution < -0.4 is 5.32 Å². The third-order valence-corrected chi connectivity index (χ3v) is 4.00. The topological polar surface area (TPSA) is 100 Å². The van der Waals surface area contributed by atoms with Crippen LogP contribution in [0.5, 0.6) is 0 Å². The molecule has 0 radical (unpaired) electrons. The van der Waals surface area contributed by atoms with E-state index in [9.17, 15) is 9.59 Å². The minimum Gasteiger partial charge on any atom is -0.480 e. The van der Waals surface area contributed by atoms with Crippen LogP contribution in [0.1, 0.15) is 12.7 Å². The molecule has 19 heavy (non-hydrogen) atoms. The van der Waals surface area contributed by atoms with Crippen molar-refractivity contribution < 1.29 is 14.7 Å². The van der Waals surface area contributed by atoms with Crippen LogP contribution in [0.2, 0.25) is 0 Å². The zero-order valence-corrected chi connectivity index (χ0v) is 11.4. The van der Waals surface area contributed by atoms with Crippen LogP contribution >= 0.6 is 11.8 Å². The first-order valence-electron chi connectivity index (χ1n) is 5.74. The van der Waals surface area contributed by atoms with Crippen molar-refractivity contribution in [2.45, 2.75) is 24.9 Å². The van der Waals surface area contributed by atoms with Gasteiger partial charge in [0.05, 0.1) is 11.9 Å². The normalized spacial score (nSPS) is 22.5. The van der Waals surface area contributed by atoms with Crippen molar-refractivity contribution in [2.24, 2.45) is 7.05 Å². The third kappa shape index (κ3) is 2.98. The van der Waals surface area contributed by atoms with Gasteiger partial charge in [-0.15, -0.1) is 11.8 Å². The van der Waals surface area contributed by atoms with Gasteiger partial charge in [-0.2, -0.15) is 5.10 Å². The number of hydrogen-bond donors (Lipinski definition) is 2. The number of rotatable bonds is 3. The number of nitrogens with zero attached hydrogens (tertiary/aromatic N) is 4.